The standard InChI is InChI=1S/C16H19ClN4OS.BrH/c17-13-5-3-12(4-6-13)15(22)19-9-10-21-16(18)20-8-7-14-2-1-11-23-14;/h1-6,11H,7-10H2,(H,19,22)(H3,18,20,21);1H. The first kappa shape index (κ1) is 20.5. The zero-order chi connectivity index (χ0) is 16.5. The van der Waals surface area contributed by atoms with Gasteiger partial charge in [0.25, 0.3) is 5.91 Å². The number of guanidine groups is 1. The number of benzene rings is 1. The number of nitrogens with one attached hydrogen (secondary N) is 2. The summed E-state index contributed by atoms with van der Waals surface area (Å²) in [7, 11) is 0. The van der Waals surface area contributed by atoms with Gasteiger partial charge >= 0.3 is 0 Å². The highest BCUT2D eigenvalue weighted by atomic mass is 79.9. The topological polar surface area (TPSA) is 79.5 Å². The number of thiophene rings is 1. The molecule has 2 aromatic rings. The lowest BCUT2D eigenvalue weighted by molar-refractivity contribution is 0.0954. The van der Waals surface area contributed by atoms with Crippen LogP contribution >= 0.6 is 39.9 Å². The second-order valence-corrected chi connectivity index (χ2v) is 6.25. The van der Waals surface area contributed by atoms with Crippen molar-refractivity contribution in [3.8, 4) is 0 Å². The smallest absolute Gasteiger partial charge is 0.251 e. The fourth-order valence-corrected chi connectivity index (χ4v) is 2.69. The fourth-order valence-electron chi connectivity index (χ4n) is 1.87. The van der Waals surface area contributed by atoms with Crippen LogP contribution in [0.15, 0.2) is 46.8 Å². The SMILES string of the molecule is Br.NC(=NCCc1cccs1)NCCNC(=O)c1ccc(Cl)cc1. The van der Waals surface area contributed by atoms with Crippen LogP contribution in [-0.2, 0) is 6.42 Å². The summed E-state index contributed by atoms with van der Waals surface area (Å²) in [5.74, 6) is 0.249. The van der Waals surface area contributed by atoms with E-state index < -0.39 is 0 Å². The van der Waals surface area contributed by atoms with Crippen molar-refractivity contribution in [2.75, 3.05) is 19.6 Å². The van der Waals surface area contributed by atoms with Crippen LogP contribution in [0.4, 0.5) is 0 Å². The van der Waals surface area contributed by atoms with Gasteiger partial charge in [0.15, 0.2) is 5.96 Å². The number of aliphatic imine (C=N–C) groups is 1. The normalized spacial score (nSPS) is 10.8. The maximum absolute atomic E-state index is 11.9. The van der Waals surface area contributed by atoms with E-state index in [1.165, 1.54) is 4.88 Å². The molecule has 0 fully saturated rings. The van der Waals surface area contributed by atoms with E-state index in [1.54, 1.807) is 35.6 Å². The van der Waals surface area contributed by atoms with Crippen LogP contribution in [0.3, 0.4) is 0 Å². The molecule has 1 heterocycles. The number of carbonyl (C=O) groups is 1. The first-order valence-corrected chi connectivity index (χ1v) is 8.51. The van der Waals surface area contributed by atoms with Gasteiger partial charge in [0, 0.05) is 41.5 Å². The summed E-state index contributed by atoms with van der Waals surface area (Å²) < 4.78 is 0. The minimum atomic E-state index is -0.142. The van der Waals surface area contributed by atoms with Crippen LogP contribution in [0, 0.1) is 0 Å². The van der Waals surface area contributed by atoms with Gasteiger partial charge in [-0.15, -0.1) is 28.3 Å². The molecule has 1 amide bonds. The van der Waals surface area contributed by atoms with Crippen molar-refractivity contribution in [2.24, 2.45) is 10.7 Å². The second kappa shape index (κ2) is 11.1. The summed E-state index contributed by atoms with van der Waals surface area (Å²) in [5, 5.41) is 8.42. The minimum absolute atomic E-state index is 0. The van der Waals surface area contributed by atoms with Crippen molar-refractivity contribution in [1.82, 2.24) is 10.6 Å². The van der Waals surface area contributed by atoms with Gasteiger partial charge in [0.2, 0.25) is 0 Å². The molecular formula is C16H20BrClN4OS. The van der Waals surface area contributed by atoms with Crippen molar-refractivity contribution in [3.63, 3.8) is 0 Å². The number of hydrogen-bond donors (Lipinski definition) is 3. The lowest BCUT2D eigenvalue weighted by Gasteiger charge is -2.07. The average molecular weight is 432 g/mol. The number of amides is 1. The molecule has 0 bridgehead atoms. The molecule has 0 atom stereocenters. The molecule has 0 aliphatic carbocycles. The van der Waals surface area contributed by atoms with E-state index in [2.05, 4.69) is 21.7 Å². The Balaban J connectivity index is 0.00000288. The Morgan fingerprint density at radius 2 is 1.88 bits per heavy atom. The molecule has 0 unspecified atom stereocenters. The number of hydrogen-bond acceptors (Lipinski definition) is 3. The van der Waals surface area contributed by atoms with Crippen LogP contribution in [0.25, 0.3) is 0 Å². The summed E-state index contributed by atoms with van der Waals surface area (Å²) in [5.41, 5.74) is 6.35. The van der Waals surface area contributed by atoms with Gasteiger partial charge in [-0.05, 0) is 35.7 Å². The molecule has 1 aromatic carbocycles. The van der Waals surface area contributed by atoms with Gasteiger partial charge in [-0.3, -0.25) is 9.79 Å². The van der Waals surface area contributed by atoms with E-state index in [9.17, 15) is 4.79 Å². The Morgan fingerprint density at radius 3 is 2.54 bits per heavy atom. The molecule has 24 heavy (non-hydrogen) atoms. The summed E-state index contributed by atoms with van der Waals surface area (Å²) >= 11 is 7.50. The third-order valence-electron chi connectivity index (χ3n) is 3.04. The van der Waals surface area contributed by atoms with Gasteiger partial charge in [-0.25, -0.2) is 0 Å². The maximum atomic E-state index is 11.9. The number of carbonyl (C=O) groups excluding carboxylic acids is 1. The molecule has 0 spiro atoms. The highest BCUT2D eigenvalue weighted by molar-refractivity contribution is 8.93. The maximum Gasteiger partial charge on any atom is 0.251 e. The zero-order valence-electron chi connectivity index (χ0n) is 13.0. The van der Waals surface area contributed by atoms with Gasteiger partial charge in [-0.2, -0.15) is 0 Å². The first-order valence-electron chi connectivity index (χ1n) is 7.25. The molecule has 0 radical (unpaired) electrons. The Labute approximate surface area is 161 Å². The minimum Gasteiger partial charge on any atom is -0.370 e. The second-order valence-electron chi connectivity index (χ2n) is 4.79. The van der Waals surface area contributed by atoms with E-state index in [-0.39, 0.29) is 22.9 Å². The number of rotatable bonds is 7. The molecule has 0 aliphatic rings. The van der Waals surface area contributed by atoms with Crippen LogP contribution in [-0.4, -0.2) is 31.5 Å². The van der Waals surface area contributed by atoms with E-state index >= 15 is 0 Å². The third-order valence-corrected chi connectivity index (χ3v) is 4.23. The van der Waals surface area contributed by atoms with E-state index in [4.69, 9.17) is 17.3 Å². The third kappa shape index (κ3) is 7.33. The van der Waals surface area contributed by atoms with Gasteiger partial charge in [0.05, 0.1) is 0 Å². The number of nitrogens with zero attached hydrogens (tertiary/aromatic N) is 1. The molecule has 130 valence electrons. The molecular weight excluding hydrogens is 412 g/mol. The molecule has 2 rings (SSSR count). The van der Waals surface area contributed by atoms with Crippen molar-refractivity contribution in [3.05, 3.63) is 57.2 Å². The van der Waals surface area contributed by atoms with Crippen LogP contribution in [0.2, 0.25) is 5.02 Å². The Hall–Kier alpha value is -1.57. The molecule has 0 saturated heterocycles. The van der Waals surface area contributed by atoms with E-state index in [1.807, 2.05) is 11.4 Å². The average Bonchev–Trinajstić information content (AvgIpc) is 3.05. The van der Waals surface area contributed by atoms with Crippen molar-refractivity contribution in [2.45, 2.75) is 6.42 Å². The van der Waals surface area contributed by atoms with Gasteiger partial charge in [-0.1, -0.05) is 17.7 Å². The molecule has 4 N–H and O–H groups in total. The van der Waals surface area contributed by atoms with Gasteiger partial charge < -0.3 is 16.4 Å². The Bertz CT molecular complexity index is 647. The Morgan fingerprint density at radius 1 is 1.17 bits per heavy atom. The first-order chi connectivity index (χ1) is 11.1. The predicted octanol–water partition coefficient (Wildman–Crippen LogP) is 2.86. The molecule has 1 aromatic heterocycles. The van der Waals surface area contributed by atoms with E-state index in [0.717, 1.165) is 6.42 Å². The summed E-state index contributed by atoms with van der Waals surface area (Å²) in [6, 6.07) is 10.8. The molecule has 0 aliphatic heterocycles. The highest BCUT2D eigenvalue weighted by Crippen LogP contribution is 2.09. The summed E-state index contributed by atoms with van der Waals surface area (Å²) in [6.45, 7) is 1.63. The largest absolute Gasteiger partial charge is 0.370 e. The number of nitrogens with two attached hydrogens (primary N) is 1. The van der Waals surface area contributed by atoms with Crippen molar-refractivity contribution in [1.29, 1.82) is 0 Å². The highest BCUT2D eigenvalue weighted by Gasteiger charge is 2.03. The number of halogens is 2. The summed E-state index contributed by atoms with van der Waals surface area (Å²) in [4.78, 5) is 17.4. The Kier molecular flexibility index (Phi) is 9.44. The lowest BCUT2D eigenvalue weighted by Crippen LogP contribution is -2.38. The van der Waals surface area contributed by atoms with Crippen molar-refractivity contribution < 1.29 is 4.79 Å². The van der Waals surface area contributed by atoms with Gasteiger partial charge in [0.1, 0.15) is 0 Å². The monoisotopic (exact) mass is 430 g/mol. The van der Waals surface area contributed by atoms with E-state index in [0.29, 0.717) is 36.2 Å². The summed E-state index contributed by atoms with van der Waals surface area (Å²) in [6.07, 6.45) is 0.882. The quantitative estimate of drug-likeness (QED) is 0.358. The molecule has 8 heteroatoms. The molecule has 0 saturated carbocycles. The predicted molar refractivity (Wildman–Crippen MR) is 107 cm³/mol. The fraction of sp³-hybridized carbons (Fsp3) is 0.250. The lowest BCUT2D eigenvalue weighted by atomic mass is 10.2. The molecule has 5 nitrogen and oxygen atoms in total. The zero-order valence-corrected chi connectivity index (χ0v) is 16.3. The van der Waals surface area contributed by atoms with Crippen LogP contribution in [0.1, 0.15) is 15.2 Å². The van der Waals surface area contributed by atoms with Crippen LogP contribution < -0.4 is 16.4 Å². The van der Waals surface area contributed by atoms with Crippen molar-refractivity contribution >= 4 is 51.8 Å². The van der Waals surface area contributed by atoms with Crippen LogP contribution in [0.5, 0.6) is 0 Å².